The van der Waals surface area contributed by atoms with Gasteiger partial charge in [0, 0.05) is 21.8 Å². The smallest absolute Gasteiger partial charge is 0.143 e. The highest BCUT2D eigenvalue weighted by atomic mass is 16.3. The van der Waals surface area contributed by atoms with E-state index in [0.717, 1.165) is 44.9 Å². The van der Waals surface area contributed by atoms with Crippen molar-refractivity contribution >= 4 is 43.5 Å². The summed E-state index contributed by atoms with van der Waals surface area (Å²) in [6, 6.07) is 59.2. The molecule has 12 rings (SSSR count). The first-order chi connectivity index (χ1) is 27.6. The lowest BCUT2D eigenvalue weighted by atomic mass is 9.49. The third kappa shape index (κ3) is 4.43. The summed E-state index contributed by atoms with van der Waals surface area (Å²) in [4.78, 5) is 0. The van der Waals surface area contributed by atoms with Crippen LogP contribution in [0.3, 0.4) is 0 Å². The van der Waals surface area contributed by atoms with Crippen molar-refractivity contribution in [1.82, 2.24) is 0 Å². The van der Waals surface area contributed by atoms with E-state index in [1.165, 1.54) is 80.6 Å². The second-order valence-electron chi connectivity index (χ2n) is 17.4. The molecule has 8 aromatic carbocycles. The minimum atomic E-state index is 0.0626. The van der Waals surface area contributed by atoms with Crippen LogP contribution in [0, 0.1) is 23.7 Å². The SMILES string of the molecule is CC1CC2CC(C)C3(c4ccccc4-c4ccc(-c5c6ccccc6c(-c6ccc(-c7cccc8c7oc7ccccc78)cc6)c6ccccc56)cc43)C(C1)C2. The van der Waals surface area contributed by atoms with E-state index >= 15 is 0 Å². The van der Waals surface area contributed by atoms with E-state index in [1.807, 2.05) is 6.07 Å². The fourth-order valence-electron chi connectivity index (χ4n) is 12.4. The van der Waals surface area contributed by atoms with Gasteiger partial charge in [-0.1, -0.05) is 159 Å². The molecular weight excluding hydrogens is 677 g/mol. The fraction of sp³-hybridized carbons (Fsp3) is 0.200. The summed E-state index contributed by atoms with van der Waals surface area (Å²) in [5, 5.41) is 7.53. The molecule has 1 heteroatoms. The first kappa shape index (κ1) is 32.3. The maximum atomic E-state index is 6.44. The first-order valence-electron chi connectivity index (χ1n) is 20.8. The molecule has 1 heterocycles. The molecule has 5 unspecified atom stereocenters. The number of para-hydroxylation sites is 2. The van der Waals surface area contributed by atoms with E-state index in [4.69, 9.17) is 4.42 Å². The van der Waals surface area contributed by atoms with Crippen molar-refractivity contribution < 1.29 is 4.42 Å². The summed E-state index contributed by atoms with van der Waals surface area (Å²) in [7, 11) is 0. The number of hydrogen-bond donors (Lipinski definition) is 0. The molecule has 1 aromatic heterocycles. The van der Waals surface area contributed by atoms with Crippen LogP contribution in [-0.2, 0) is 5.41 Å². The lowest BCUT2D eigenvalue weighted by Gasteiger charge is -2.54. The van der Waals surface area contributed by atoms with Gasteiger partial charge in [0.25, 0.3) is 0 Å². The molecule has 0 amide bonds. The van der Waals surface area contributed by atoms with Gasteiger partial charge in [-0.15, -0.1) is 0 Å². The minimum absolute atomic E-state index is 0.0626. The van der Waals surface area contributed by atoms with Gasteiger partial charge in [-0.3, -0.25) is 0 Å². The Morgan fingerprint density at radius 2 is 1.02 bits per heavy atom. The standard InChI is InChI=1S/C55H44O/c1-33-28-35-30-34(2)55(39(29-33)31-35)49-20-9-7-12-41(49)42-27-26-38(32-50(42)55)53-46-16-5-3-14-44(46)52(45-15-4-6-17-47(45)53)37-24-22-36(23-25-37)40-18-11-19-48-43-13-8-10-21-51(43)56-54(40)48/h3-27,32-35,39H,28-31H2,1-2H3. The molecule has 0 radical (unpaired) electrons. The second-order valence-corrected chi connectivity index (χ2v) is 17.4. The quantitative estimate of drug-likeness (QED) is 0.166. The Bertz CT molecular complexity index is 2970. The Morgan fingerprint density at radius 1 is 0.446 bits per heavy atom. The van der Waals surface area contributed by atoms with Crippen LogP contribution >= 0.6 is 0 Å². The second kappa shape index (κ2) is 12.0. The molecule has 56 heavy (non-hydrogen) atoms. The van der Waals surface area contributed by atoms with E-state index in [-0.39, 0.29) is 5.41 Å². The Labute approximate surface area is 328 Å². The lowest BCUT2D eigenvalue weighted by Crippen LogP contribution is -2.49. The summed E-state index contributed by atoms with van der Waals surface area (Å²) in [5.41, 5.74) is 15.5. The van der Waals surface area contributed by atoms with Crippen molar-refractivity contribution in [2.75, 3.05) is 0 Å². The largest absolute Gasteiger partial charge is 0.455 e. The average molecular weight is 721 g/mol. The van der Waals surface area contributed by atoms with Crippen LogP contribution in [0.4, 0.5) is 0 Å². The summed E-state index contributed by atoms with van der Waals surface area (Å²) in [5.74, 6) is 2.93. The van der Waals surface area contributed by atoms with Crippen molar-refractivity contribution in [3.63, 3.8) is 0 Å². The predicted molar refractivity (Wildman–Crippen MR) is 235 cm³/mol. The molecule has 270 valence electrons. The van der Waals surface area contributed by atoms with Crippen LogP contribution in [0.25, 0.3) is 88.0 Å². The van der Waals surface area contributed by atoms with Crippen molar-refractivity contribution in [3.05, 3.63) is 169 Å². The van der Waals surface area contributed by atoms with Crippen LogP contribution in [0.15, 0.2) is 162 Å². The van der Waals surface area contributed by atoms with Crippen LogP contribution in [0.2, 0.25) is 0 Å². The lowest BCUT2D eigenvalue weighted by molar-refractivity contribution is 0.0426. The molecule has 1 nitrogen and oxygen atoms in total. The molecule has 0 N–H and O–H groups in total. The molecule has 9 aromatic rings. The number of hydrogen-bond acceptors (Lipinski definition) is 1. The highest BCUT2D eigenvalue weighted by molar-refractivity contribution is 6.21. The predicted octanol–water partition coefficient (Wildman–Crippen LogP) is 15.3. The van der Waals surface area contributed by atoms with Gasteiger partial charge >= 0.3 is 0 Å². The van der Waals surface area contributed by atoms with E-state index in [9.17, 15) is 0 Å². The van der Waals surface area contributed by atoms with Crippen LogP contribution in [0.5, 0.6) is 0 Å². The third-order valence-corrected chi connectivity index (χ3v) is 14.4. The molecule has 3 aliphatic carbocycles. The normalized spacial score (nSPS) is 22.6. The molecule has 2 fully saturated rings. The topological polar surface area (TPSA) is 13.1 Å². The molecule has 0 aliphatic heterocycles. The molecule has 3 aliphatic rings. The Balaban J connectivity index is 1.04. The van der Waals surface area contributed by atoms with Gasteiger partial charge in [0.1, 0.15) is 11.2 Å². The highest BCUT2D eigenvalue weighted by Gasteiger charge is 2.56. The summed E-state index contributed by atoms with van der Waals surface area (Å²) in [6.45, 7) is 5.09. The zero-order valence-corrected chi connectivity index (χ0v) is 32.1. The Hall–Kier alpha value is -5.92. The third-order valence-electron chi connectivity index (χ3n) is 14.4. The molecule has 5 atom stereocenters. The number of benzene rings is 8. The Kier molecular flexibility index (Phi) is 6.95. The van der Waals surface area contributed by atoms with Crippen LogP contribution in [0.1, 0.15) is 50.7 Å². The van der Waals surface area contributed by atoms with E-state index in [2.05, 4.69) is 166 Å². The van der Waals surface area contributed by atoms with Gasteiger partial charge in [0.05, 0.1) is 0 Å². The van der Waals surface area contributed by atoms with Crippen molar-refractivity contribution in [1.29, 1.82) is 0 Å². The van der Waals surface area contributed by atoms with Gasteiger partial charge in [0.2, 0.25) is 0 Å². The average Bonchev–Trinajstić information content (AvgIpc) is 3.76. The zero-order valence-electron chi connectivity index (χ0n) is 32.1. The van der Waals surface area contributed by atoms with E-state index < -0.39 is 0 Å². The zero-order chi connectivity index (χ0) is 37.1. The maximum absolute atomic E-state index is 6.44. The van der Waals surface area contributed by atoms with Crippen LogP contribution in [-0.4, -0.2) is 0 Å². The maximum Gasteiger partial charge on any atom is 0.143 e. The first-order valence-corrected chi connectivity index (χ1v) is 20.8. The highest BCUT2D eigenvalue weighted by Crippen LogP contribution is 2.65. The van der Waals surface area contributed by atoms with Crippen molar-refractivity contribution in [2.45, 2.75) is 44.9 Å². The summed E-state index contributed by atoms with van der Waals surface area (Å²) >= 11 is 0. The van der Waals surface area contributed by atoms with Crippen molar-refractivity contribution in [2.24, 2.45) is 23.7 Å². The summed E-state index contributed by atoms with van der Waals surface area (Å²) in [6.07, 6.45) is 5.41. The van der Waals surface area contributed by atoms with Gasteiger partial charge in [-0.05, 0) is 133 Å². The van der Waals surface area contributed by atoms with Gasteiger partial charge < -0.3 is 4.42 Å². The minimum Gasteiger partial charge on any atom is -0.455 e. The van der Waals surface area contributed by atoms with E-state index in [1.54, 1.807) is 11.1 Å². The van der Waals surface area contributed by atoms with Gasteiger partial charge in [0.15, 0.2) is 0 Å². The molecule has 0 saturated heterocycles. The number of rotatable bonds is 3. The molecule has 2 bridgehead atoms. The van der Waals surface area contributed by atoms with Gasteiger partial charge in [-0.2, -0.15) is 0 Å². The monoisotopic (exact) mass is 720 g/mol. The van der Waals surface area contributed by atoms with Gasteiger partial charge in [-0.25, -0.2) is 0 Å². The molecule has 2 saturated carbocycles. The van der Waals surface area contributed by atoms with Crippen molar-refractivity contribution in [3.8, 4) is 44.5 Å². The summed E-state index contributed by atoms with van der Waals surface area (Å²) < 4.78 is 6.44. The number of fused-ring (bicyclic) bond motifs is 13. The van der Waals surface area contributed by atoms with E-state index in [0.29, 0.717) is 11.8 Å². The number of furan rings is 1. The fourth-order valence-corrected chi connectivity index (χ4v) is 12.4. The van der Waals surface area contributed by atoms with Crippen LogP contribution < -0.4 is 0 Å². The molecule has 1 spiro atoms. The molecular formula is C55H44O. The Morgan fingerprint density at radius 3 is 1.77 bits per heavy atom.